The van der Waals surface area contributed by atoms with Crippen molar-refractivity contribution in [2.75, 3.05) is 64.1 Å². The number of nitrogens with zero attached hydrogens (tertiary/aromatic N) is 2. The molecule has 1 N–H and O–H groups in total. The second-order valence-corrected chi connectivity index (χ2v) is 7.78. The van der Waals surface area contributed by atoms with E-state index < -0.39 is 0 Å². The van der Waals surface area contributed by atoms with Crippen LogP contribution >= 0.6 is 0 Å². The third-order valence-electron chi connectivity index (χ3n) is 5.49. The predicted molar refractivity (Wildman–Crippen MR) is 121 cm³/mol. The van der Waals surface area contributed by atoms with Gasteiger partial charge < -0.3 is 19.5 Å². The van der Waals surface area contributed by atoms with Crippen LogP contribution in [0.3, 0.4) is 0 Å². The van der Waals surface area contributed by atoms with Gasteiger partial charge in [0, 0.05) is 31.7 Å². The average molecular weight is 453 g/mol. The van der Waals surface area contributed by atoms with E-state index in [1.165, 1.54) is 4.90 Å². The van der Waals surface area contributed by atoms with E-state index in [1.54, 1.807) is 30.3 Å². The molecule has 9 heteroatoms. The Kier molecular flexibility index (Phi) is 7.54. The van der Waals surface area contributed by atoms with E-state index in [-0.39, 0.29) is 37.4 Å². The van der Waals surface area contributed by atoms with Gasteiger partial charge in [0.15, 0.2) is 19.0 Å². The number of hydrogen-bond donors (Lipinski definition) is 1. The molecule has 0 spiro atoms. The molecule has 0 aromatic heterocycles. The summed E-state index contributed by atoms with van der Waals surface area (Å²) in [6, 6.07) is 13.9. The topological polar surface area (TPSA) is 97.4 Å². The van der Waals surface area contributed by atoms with Crippen LogP contribution in [0.5, 0.6) is 11.5 Å². The number of ether oxygens (including phenoxy) is 3. The van der Waals surface area contributed by atoms with E-state index in [0.717, 1.165) is 19.6 Å². The monoisotopic (exact) mass is 453 g/mol. The van der Waals surface area contributed by atoms with Crippen LogP contribution in [0, 0.1) is 0 Å². The lowest BCUT2D eigenvalue weighted by atomic mass is 10.1. The maximum atomic E-state index is 12.6. The molecule has 2 amide bonds. The lowest BCUT2D eigenvalue weighted by molar-refractivity contribution is -0.125. The van der Waals surface area contributed by atoms with Gasteiger partial charge >= 0.3 is 0 Å². The number of rotatable bonds is 9. The highest BCUT2D eigenvalue weighted by atomic mass is 16.5. The van der Waals surface area contributed by atoms with Crippen LogP contribution in [0.4, 0.5) is 5.69 Å². The molecule has 174 valence electrons. The molecule has 2 heterocycles. The number of nitrogens with one attached hydrogen (secondary N) is 1. The summed E-state index contributed by atoms with van der Waals surface area (Å²) in [6.07, 6.45) is 0. The van der Waals surface area contributed by atoms with Gasteiger partial charge in [-0.3, -0.25) is 24.2 Å². The van der Waals surface area contributed by atoms with Crippen LogP contribution in [0.15, 0.2) is 48.5 Å². The van der Waals surface area contributed by atoms with Gasteiger partial charge in [-0.25, -0.2) is 0 Å². The molecule has 33 heavy (non-hydrogen) atoms. The van der Waals surface area contributed by atoms with Crippen LogP contribution in [0.1, 0.15) is 10.4 Å². The molecule has 0 radical (unpaired) electrons. The standard InChI is InChI=1S/C24H27N3O6/c28-21(16-32-19-4-2-1-3-5-19)18-6-7-22-20(14-18)27(24(30)17-33-22)15-23(29)25-8-9-26-10-12-31-13-11-26/h1-7,14H,8-13,15-17H2,(H,25,29). The Hall–Kier alpha value is -3.43. The summed E-state index contributed by atoms with van der Waals surface area (Å²) < 4.78 is 16.3. The van der Waals surface area contributed by atoms with Gasteiger partial charge in [0.1, 0.15) is 18.0 Å². The molecule has 4 rings (SSSR count). The van der Waals surface area contributed by atoms with Crippen LogP contribution in [-0.4, -0.2) is 81.6 Å². The number of fused-ring (bicyclic) bond motifs is 1. The highest BCUT2D eigenvalue weighted by molar-refractivity contribution is 6.04. The first-order valence-corrected chi connectivity index (χ1v) is 11.0. The smallest absolute Gasteiger partial charge is 0.265 e. The maximum absolute atomic E-state index is 12.6. The van der Waals surface area contributed by atoms with E-state index in [1.807, 2.05) is 18.2 Å². The molecule has 9 nitrogen and oxygen atoms in total. The van der Waals surface area contributed by atoms with E-state index >= 15 is 0 Å². The molecule has 1 fully saturated rings. The van der Waals surface area contributed by atoms with Crippen molar-refractivity contribution in [1.29, 1.82) is 0 Å². The molecule has 0 aliphatic carbocycles. The Morgan fingerprint density at radius 3 is 2.64 bits per heavy atom. The molecular formula is C24H27N3O6. The minimum absolute atomic E-state index is 0.139. The van der Waals surface area contributed by atoms with Crippen molar-refractivity contribution < 1.29 is 28.6 Å². The number of ketones is 1. The fraction of sp³-hybridized carbons (Fsp3) is 0.375. The summed E-state index contributed by atoms with van der Waals surface area (Å²) in [6.45, 7) is 3.86. The third-order valence-corrected chi connectivity index (χ3v) is 5.49. The van der Waals surface area contributed by atoms with E-state index in [0.29, 0.717) is 42.5 Å². The summed E-state index contributed by atoms with van der Waals surface area (Å²) in [5.41, 5.74) is 0.779. The van der Waals surface area contributed by atoms with Gasteiger partial charge in [0.2, 0.25) is 5.91 Å². The number of carbonyl (C=O) groups is 3. The Morgan fingerprint density at radius 2 is 1.85 bits per heavy atom. The summed E-state index contributed by atoms with van der Waals surface area (Å²) in [7, 11) is 0. The number of morpholine rings is 1. The van der Waals surface area contributed by atoms with E-state index in [9.17, 15) is 14.4 Å². The third kappa shape index (κ3) is 6.09. The van der Waals surface area contributed by atoms with Crippen LogP contribution in [-0.2, 0) is 14.3 Å². The van der Waals surface area contributed by atoms with Crippen LogP contribution in [0.2, 0.25) is 0 Å². The minimum Gasteiger partial charge on any atom is -0.485 e. The predicted octanol–water partition coefficient (Wildman–Crippen LogP) is 1.12. The first-order valence-electron chi connectivity index (χ1n) is 11.0. The molecule has 0 unspecified atom stereocenters. The highest BCUT2D eigenvalue weighted by Crippen LogP contribution is 2.33. The SMILES string of the molecule is O=C(CN1C(=O)COc2ccc(C(=O)COc3ccccc3)cc21)NCCN1CCOCC1. The lowest BCUT2D eigenvalue weighted by Gasteiger charge is -2.29. The van der Waals surface area contributed by atoms with Crippen molar-refractivity contribution >= 4 is 23.3 Å². The van der Waals surface area contributed by atoms with Crippen molar-refractivity contribution in [3.63, 3.8) is 0 Å². The van der Waals surface area contributed by atoms with Gasteiger partial charge in [-0.1, -0.05) is 18.2 Å². The zero-order valence-electron chi connectivity index (χ0n) is 18.3. The zero-order chi connectivity index (χ0) is 23.0. The molecule has 1 saturated heterocycles. The van der Waals surface area contributed by atoms with Crippen molar-refractivity contribution in [3.8, 4) is 11.5 Å². The van der Waals surface area contributed by atoms with Gasteiger partial charge in [-0.15, -0.1) is 0 Å². The number of benzene rings is 2. The Morgan fingerprint density at radius 1 is 1.06 bits per heavy atom. The maximum Gasteiger partial charge on any atom is 0.265 e. The second kappa shape index (κ2) is 10.9. The number of anilines is 1. The quantitative estimate of drug-likeness (QED) is 0.569. The summed E-state index contributed by atoms with van der Waals surface area (Å²) in [5, 5.41) is 2.86. The van der Waals surface area contributed by atoms with Gasteiger partial charge in [0.25, 0.3) is 5.91 Å². The van der Waals surface area contributed by atoms with Gasteiger partial charge in [0.05, 0.1) is 18.9 Å². The first-order chi connectivity index (χ1) is 16.1. The van der Waals surface area contributed by atoms with Crippen LogP contribution < -0.4 is 19.7 Å². The van der Waals surface area contributed by atoms with Crippen molar-refractivity contribution in [3.05, 3.63) is 54.1 Å². The second-order valence-electron chi connectivity index (χ2n) is 7.78. The number of Topliss-reactive ketones (excluding diaryl/α,β-unsaturated/α-hetero) is 1. The summed E-state index contributed by atoms with van der Waals surface area (Å²) >= 11 is 0. The van der Waals surface area contributed by atoms with Crippen molar-refractivity contribution in [2.24, 2.45) is 0 Å². The zero-order valence-corrected chi connectivity index (χ0v) is 18.3. The highest BCUT2D eigenvalue weighted by Gasteiger charge is 2.28. The van der Waals surface area contributed by atoms with E-state index in [2.05, 4.69) is 10.2 Å². The summed E-state index contributed by atoms with van der Waals surface area (Å²) in [4.78, 5) is 41.2. The number of para-hydroxylation sites is 1. The Bertz CT molecular complexity index is 991. The number of amides is 2. The van der Waals surface area contributed by atoms with Gasteiger partial charge in [-0.05, 0) is 30.3 Å². The number of carbonyl (C=O) groups excluding carboxylic acids is 3. The minimum atomic E-state index is -0.337. The van der Waals surface area contributed by atoms with Gasteiger partial charge in [-0.2, -0.15) is 0 Å². The molecule has 0 atom stereocenters. The molecule has 2 aromatic carbocycles. The fourth-order valence-electron chi connectivity index (χ4n) is 3.68. The molecule has 2 aliphatic rings. The Balaban J connectivity index is 1.36. The van der Waals surface area contributed by atoms with E-state index in [4.69, 9.17) is 14.2 Å². The number of hydrogen-bond acceptors (Lipinski definition) is 7. The van der Waals surface area contributed by atoms with Crippen molar-refractivity contribution in [2.45, 2.75) is 0 Å². The molecule has 2 aliphatic heterocycles. The largest absolute Gasteiger partial charge is 0.485 e. The molecule has 0 saturated carbocycles. The Labute approximate surface area is 192 Å². The lowest BCUT2D eigenvalue weighted by Crippen LogP contribution is -2.47. The van der Waals surface area contributed by atoms with Crippen molar-refractivity contribution in [1.82, 2.24) is 10.2 Å². The molecular weight excluding hydrogens is 426 g/mol. The van der Waals surface area contributed by atoms with Crippen LogP contribution in [0.25, 0.3) is 0 Å². The first kappa shape index (κ1) is 22.8. The average Bonchev–Trinajstić information content (AvgIpc) is 2.85. The molecule has 0 bridgehead atoms. The normalized spacial score (nSPS) is 16.0. The molecule has 2 aromatic rings. The summed E-state index contributed by atoms with van der Waals surface area (Å²) in [5.74, 6) is 0.202. The fourth-order valence-corrected chi connectivity index (χ4v) is 3.68.